The van der Waals surface area contributed by atoms with Gasteiger partial charge in [-0.1, -0.05) is 6.07 Å². The van der Waals surface area contributed by atoms with Crippen molar-refractivity contribution in [2.45, 2.75) is 19.5 Å². The largest absolute Gasteiger partial charge is 0.416 e. The number of carbonyl (C=O) groups excluding carboxylic acids is 1. The van der Waals surface area contributed by atoms with Gasteiger partial charge in [-0.05, 0) is 80.7 Å². The van der Waals surface area contributed by atoms with Crippen molar-refractivity contribution in [1.82, 2.24) is 14.5 Å². The molecule has 0 radical (unpaired) electrons. The first-order valence-electron chi connectivity index (χ1n) is 11.7. The van der Waals surface area contributed by atoms with Crippen LogP contribution in [0, 0.1) is 6.92 Å². The fourth-order valence-corrected chi connectivity index (χ4v) is 4.08. The molecule has 0 atom stereocenters. The van der Waals surface area contributed by atoms with Crippen molar-refractivity contribution in [2.75, 3.05) is 26.0 Å². The second kappa shape index (κ2) is 10.2. The minimum absolute atomic E-state index is 0.0906. The number of likely N-dealkylation sites (N-methyl/N-ethyl adjacent to an activating group) is 1. The Kier molecular flexibility index (Phi) is 7.18. The normalized spacial score (nSPS) is 11.8. The Morgan fingerprint density at radius 1 is 1.03 bits per heavy atom. The number of aryl methyl sites for hydroxylation is 2. The van der Waals surface area contributed by atoms with E-state index in [1.54, 1.807) is 42.1 Å². The third-order valence-electron chi connectivity index (χ3n) is 6.24. The first-order chi connectivity index (χ1) is 17.4. The van der Waals surface area contributed by atoms with Crippen LogP contribution in [0.5, 0.6) is 0 Å². The molecular weight excluding hydrogens is 481 g/mol. The summed E-state index contributed by atoms with van der Waals surface area (Å²) in [6, 6.07) is 12.9. The Morgan fingerprint density at radius 3 is 2.38 bits per heavy atom. The predicted octanol–water partition coefficient (Wildman–Crippen LogP) is 5.28. The molecule has 2 aromatic heterocycles. The zero-order valence-corrected chi connectivity index (χ0v) is 21.0. The molecule has 4 aromatic rings. The number of halogens is 3. The van der Waals surface area contributed by atoms with Crippen molar-refractivity contribution < 1.29 is 18.0 Å². The summed E-state index contributed by atoms with van der Waals surface area (Å²) in [6.45, 7) is 2.71. The van der Waals surface area contributed by atoms with Gasteiger partial charge in [0.15, 0.2) is 0 Å². The highest BCUT2D eigenvalue weighted by Crippen LogP contribution is 2.30. The average Bonchev–Trinajstić information content (AvgIpc) is 2.85. The molecule has 4 rings (SSSR count). The molecule has 0 aliphatic carbocycles. The molecule has 0 aliphatic rings. The summed E-state index contributed by atoms with van der Waals surface area (Å²) < 4.78 is 40.1. The summed E-state index contributed by atoms with van der Waals surface area (Å²) in [7, 11) is 5.70. The molecule has 37 heavy (non-hydrogen) atoms. The molecule has 1 N–H and O–H groups in total. The second-order valence-electron chi connectivity index (χ2n) is 9.27. The highest BCUT2D eigenvalue weighted by atomic mass is 19.4. The first-order valence-corrected chi connectivity index (χ1v) is 11.7. The molecule has 0 aliphatic heterocycles. The third kappa shape index (κ3) is 5.72. The van der Waals surface area contributed by atoms with Crippen LogP contribution in [0.25, 0.3) is 22.0 Å². The van der Waals surface area contributed by atoms with Gasteiger partial charge in [0, 0.05) is 54.1 Å². The summed E-state index contributed by atoms with van der Waals surface area (Å²) >= 11 is 0. The van der Waals surface area contributed by atoms with Crippen molar-refractivity contribution in [3.63, 3.8) is 0 Å². The van der Waals surface area contributed by atoms with E-state index in [-0.39, 0.29) is 11.1 Å². The van der Waals surface area contributed by atoms with Gasteiger partial charge in [0.1, 0.15) is 0 Å². The number of nitrogens with zero attached hydrogens (tertiary/aromatic N) is 3. The van der Waals surface area contributed by atoms with Crippen LogP contribution in [0.1, 0.15) is 27.2 Å². The molecule has 0 unspecified atom stereocenters. The van der Waals surface area contributed by atoms with Crippen LogP contribution in [0.15, 0.2) is 65.6 Å². The third-order valence-corrected chi connectivity index (χ3v) is 6.24. The van der Waals surface area contributed by atoms with E-state index in [1.165, 1.54) is 0 Å². The van der Waals surface area contributed by atoms with Crippen molar-refractivity contribution in [2.24, 2.45) is 7.05 Å². The van der Waals surface area contributed by atoms with Crippen molar-refractivity contribution in [1.29, 1.82) is 0 Å². The summed E-state index contributed by atoms with van der Waals surface area (Å²) in [5.74, 6) is -0.551. The Hall–Kier alpha value is -3.98. The van der Waals surface area contributed by atoms with Crippen LogP contribution in [0.3, 0.4) is 0 Å². The number of pyridine rings is 2. The van der Waals surface area contributed by atoms with Gasteiger partial charge in [0.2, 0.25) is 0 Å². The monoisotopic (exact) mass is 508 g/mol. The van der Waals surface area contributed by atoms with Crippen LogP contribution >= 0.6 is 0 Å². The van der Waals surface area contributed by atoms with E-state index in [1.807, 2.05) is 27.1 Å². The van der Waals surface area contributed by atoms with Gasteiger partial charge in [-0.2, -0.15) is 13.2 Å². The Balaban J connectivity index is 1.65. The number of nitrogens with one attached hydrogen (secondary N) is 1. The van der Waals surface area contributed by atoms with Gasteiger partial charge < -0.3 is 14.8 Å². The molecule has 6 nitrogen and oxygen atoms in total. The maximum absolute atomic E-state index is 13.3. The number of hydrogen-bond acceptors (Lipinski definition) is 4. The summed E-state index contributed by atoms with van der Waals surface area (Å²) in [5, 5.41) is 3.52. The molecule has 1 amide bonds. The molecular formula is C28H27F3N4O2. The summed E-state index contributed by atoms with van der Waals surface area (Å²) in [5.41, 5.74) is 3.11. The molecule has 2 heterocycles. The van der Waals surface area contributed by atoms with Crippen LogP contribution in [0.2, 0.25) is 0 Å². The van der Waals surface area contributed by atoms with Crippen LogP contribution in [-0.4, -0.2) is 41.0 Å². The maximum Gasteiger partial charge on any atom is 0.416 e. The molecule has 0 fully saturated rings. The fraction of sp³-hybridized carbons (Fsp3) is 0.250. The molecule has 2 aromatic carbocycles. The van der Waals surface area contributed by atoms with Crippen molar-refractivity contribution in [3.8, 4) is 11.1 Å². The SMILES string of the molecule is Cc1ccc(NC(=O)c2ccc(C(F)(F)F)cc2)cc1-c1cc2cnc(CCN(C)C)cc2n(C)c1=O. The standard InChI is InChI=1S/C28H27F3N4O2/c1-17-5-10-22(33-26(36)18-6-8-20(9-7-18)28(29,30)31)14-23(17)24-13-19-16-32-21(11-12-34(2)3)15-25(19)35(4)27(24)37/h5-10,13-16H,11-12H2,1-4H3,(H,33,36). The Labute approximate surface area is 212 Å². The predicted molar refractivity (Wildman–Crippen MR) is 139 cm³/mol. The number of fused-ring (bicyclic) bond motifs is 1. The highest BCUT2D eigenvalue weighted by Gasteiger charge is 2.30. The van der Waals surface area contributed by atoms with E-state index in [4.69, 9.17) is 0 Å². The average molecular weight is 509 g/mol. The second-order valence-corrected chi connectivity index (χ2v) is 9.27. The Bertz CT molecular complexity index is 1520. The van der Waals surface area contributed by atoms with E-state index in [2.05, 4.69) is 15.2 Å². The lowest BCUT2D eigenvalue weighted by Gasteiger charge is -2.14. The van der Waals surface area contributed by atoms with Gasteiger partial charge in [-0.3, -0.25) is 14.6 Å². The lowest BCUT2D eigenvalue weighted by molar-refractivity contribution is -0.137. The minimum Gasteiger partial charge on any atom is -0.322 e. The summed E-state index contributed by atoms with van der Waals surface area (Å²) in [4.78, 5) is 32.6. The van der Waals surface area contributed by atoms with Crippen LogP contribution in [0.4, 0.5) is 18.9 Å². The zero-order valence-electron chi connectivity index (χ0n) is 21.0. The topological polar surface area (TPSA) is 67.2 Å². The van der Waals surface area contributed by atoms with Crippen LogP contribution < -0.4 is 10.9 Å². The number of alkyl halides is 3. The lowest BCUT2D eigenvalue weighted by atomic mass is 9.99. The molecule has 0 spiro atoms. The molecule has 192 valence electrons. The Morgan fingerprint density at radius 2 is 1.73 bits per heavy atom. The maximum atomic E-state index is 13.3. The quantitative estimate of drug-likeness (QED) is 0.385. The van der Waals surface area contributed by atoms with E-state index in [0.717, 1.165) is 59.4 Å². The molecule has 0 saturated carbocycles. The van der Waals surface area contributed by atoms with Gasteiger partial charge in [0.05, 0.1) is 11.1 Å². The number of hydrogen-bond donors (Lipinski definition) is 1. The van der Waals surface area contributed by atoms with Crippen molar-refractivity contribution >= 4 is 22.5 Å². The van der Waals surface area contributed by atoms with Gasteiger partial charge in [-0.25, -0.2) is 0 Å². The lowest BCUT2D eigenvalue weighted by Crippen LogP contribution is -2.20. The number of anilines is 1. The first kappa shape index (κ1) is 26.1. The van der Waals surface area contributed by atoms with Gasteiger partial charge in [-0.15, -0.1) is 0 Å². The van der Waals surface area contributed by atoms with E-state index in [0.29, 0.717) is 16.8 Å². The smallest absolute Gasteiger partial charge is 0.322 e. The van der Waals surface area contributed by atoms with Gasteiger partial charge >= 0.3 is 6.18 Å². The number of rotatable bonds is 6. The summed E-state index contributed by atoms with van der Waals surface area (Å²) in [6.07, 6.45) is -1.95. The van der Waals surface area contributed by atoms with E-state index >= 15 is 0 Å². The minimum atomic E-state index is -4.48. The molecule has 0 bridgehead atoms. The fourth-order valence-electron chi connectivity index (χ4n) is 4.08. The zero-order chi connectivity index (χ0) is 26.9. The molecule has 9 heteroatoms. The van der Waals surface area contributed by atoms with Crippen molar-refractivity contribution in [3.05, 3.63) is 93.5 Å². The number of amides is 1. The van der Waals surface area contributed by atoms with Gasteiger partial charge in [0.25, 0.3) is 11.5 Å². The molecule has 0 saturated heterocycles. The highest BCUT2D eigenvalue weighted by molar-refractivity contribution is 6.04. The van der Waals surface area contributed by atoms with E-state index < -0.39 is 17.6 Å². The van der Waals surface area contributed by atoms with E-state index in [9.17, 15) is 22.8 Å². The number of carbonyl (C=O) groups is 1. The van der Waals surface area contributed by atoms with Crippen LogP contribution in [-0.2, 0) is 19.6 Å². The number of benzene rings is 2. The number of aromatic nitrogens is 2.